The van der Waals surface area contributed by atoms with E-state index in [1.54, 1.807) is 0 Å². The molecule has 0 aliphatic heterocycles. The van der Waals surface area contributed by atoms with Gasteiger partial charge >= 0.3 is 6.09 Å². The topological polar surface area (TPSA) is 127 Å². The fraction of sp³-hybridized carbons (Fsp3) is 0. The summed E-state index contributed by atoms with van der Waals surface area (Å²) in [7, 11) is 0. The first kappa shape index (κ1) is 14.9. The van der Waals surface area contributed by atoms with E-state index in [0.717, 1.165) is 4.90 Å². The SMILES string of the molecule is O=C(O)N(c1ccc([N+](=O)[O-])cc1)c1ccc([N+](=O)[O-])cc1. The minimum Gasteiger partial charge on any atom is -0.464 e. The van der Waals surface area contributed by atoms with Crippen LogP contribution in [-0.4, -0.2) is 21.0 Å². The van der Waals surface area contributed by atoms with Crippen molar-refractivity contribution in [2.45, 2.75) is 0 Å². The number of non-ortho nitro benzene ring substituents is 2. The molecule has 9 nitrogen and oxygen atoms in total. The van der Waals surface area contributed by atoms with Crippen LogP contribution in [0.15, 0.2) is 48.5 Å². The first-order chi connectivity index (χ1) is 10.4. The molecule has 2 aromatic carbocycles. The van der Waals surface area contributed by atoms with Gasteiger partial charge < -0.3 is 5.11 Å². The molecule has 0 saturated heterocycles. The molecular weight excluding hydrogens is 294 g/mol. The van der Waals surface area contributed by atoms with Gasteiger partial charge in [0.25, 0.3) is 11.4 Å². The van der Waals surface area contributed by atoms with Gasteiger partial charge in [0, 0.05) is 24.3 Å². The van der Waals surface area contributed by atoms with Crippen LogP contribution in [0.3, 0.4) is 0 Å². The van der Waals surface area contributed by atoms with Gasteiger partial charge in [-0.05, 0) is 24.3 Å². The van der Waals surface area contributed by atoms with Gasteiger partial charge in [-0.1, -0.05) is 0 Å². The molecule has 2 aromatic rings. The van der Waals surface area contributed by atoms with Crippen LogP contribution in [0.25, 0.3) is 0 Å². The van der Waals surface area contributed by atoms with Gasteiger partial charge in [-0.25, -0.2) is 9.69 Å². The fourth-order valence-electron chi connectivity index (χ4n) is 1.82. The van der Waals surface area contributed by atoms with E-state index in [9.17, 15) is 30.1 Å². The number of benzene rings is 2. The molecule has 0 radical (unpaired) electrons. The highest BCUT2D eigenvalue weighted by atomic mass is 16.6. The monoisotopic (exact) mass is 303 g/mol. The van der Waals surface area contributed by atoms with Gasteiger partial charge in [0.2, 0.25) is 0 Å². The van der Waals surface area contributed by atoms with Crippen LogP contribution in [0.5, 0.6) is 0 Å². The number of hydrogen-bond acceptors (Lipinski definition) is 5. The van der Waals surface area contributed by atoms with Gasteiger partial charge in [0.15, 0.2) is 0 Å². The van der Waals surface area contributed by atoms with Gasteiger partial charge in [-0.3, -0.25) is 20.2 Å². The van der Waals surface area contributed by atoms with E-state index in [2.05, 4.69) is 0 Å². The lowest BCUT2D eigenvalue weighted by atomic mass is 10.2. The van der Waals surface area contributed by atoms with Crippen molar-refractivity contribution in [3.8, 4) is 0 Å². The minimum atomic E-state index is -1.32. The van der Waals surface area contributed by atoms with E-state index < -0.39 is 15.9 Å². The lowest BCUT2D eigenvalue weighted by molar-refractivity contribution is -0.385. The molecule has 0 atom stereocenters. The standard InChI is InChI=1S/C13H9N3O6/c17-13(18)14(9-1-5-11(6-2-9)15(19)20)10-3-7-12(8-4-10)16(21)22/h1-8H,(H,17,18). The number of carboxylic acid groups (broad SMARTS) is 1. The molecule has 0 bridgehead atoms. The summed E-state index contributed by atoms with van der Waals surface area (Å²) in [4.78, 5) is 32.3. The number of carbonyl (C=O) groups is 1. The molecule has 0 fully saturated rings. The average molecular weight is 303 g/mol. The third-order valence-corrected chi connectivity index (χ3v) is 2.83. The Morgan fingerprint density at radius 3 is 1.36 bits per heavy atom. The maximum atomic E-state index is 11.4. The number of nitrogens with zero attached hydrogens (tertiary/aromatic N) is 3. The summed E-state index contributed by atoms with van der Waals surface area (Å²) in [5.74, 6) is 0. The predicted octanol–water partition coefficient (Wildman–Crippen LogP) is 3.32. The fourth-order valence-corrected chi connectivity index (χ4v) is 1.82. The molecule has 2 rings (SSSR count). The Morgan fingerprint density at radius 2 is 1.14 bits per heavy atom. The van der Waals surface area contributed by atoms with E-state index in [-0.39, 0.29) is 22.7 Å². The second kappa shape index (κ2) is 5.87. The van der Waals surface area contributed by atoms with Crippen LogP contribution in [-0.2, 0) is 0 Å². The largest absolute Gasteiger partial charge is 0.464 e. The maximum Gasteiger partial charge on any atom is 0.416 e. The summed E-state index contributed by atoms with van der Waals surface area (Å²) in [5, 5.41) is 30.5. The third kappa shape index (κ3) is 2.98. The second-order valence-corrected chi connectivity index (χ2v) is 4.16. The smallest absolute Gasteiger partial charge is 0.416 e. The van der Waals surface area contributed by atoms with Gasteiger partial charge in [-0.15, -0.1) is 0 Å². The molecule has 0 unspecified atom stereocenters. The van der Waals surface area contributed by atoms with E-state index in [1.807, 2.05) is 0 Å². The van der Waals surface area contributed by atoms with Crippen molar-refractivity contribution < 1.29 is 19.7 Å². The van der Waals surface area contributed by atoms with E-state index in [0.29, 0.717) is 0 Å². The highest BCUT2D eigenvalue weighted by Crippen LogP contribution is 2.28. The Balaban J connectivity index is 2.39. The van der Waals surface area contributed by atoms with E-state index >= 15 is 0 Å². The predicted molar refractivity (Wildman–Crippen MR) is 76.4 cm³/mol. The van der Waals surface area contributed by atoms with Gasteiger partial charge in [0.05, 0.1) is 21.2 Å². The van der Waals surface area contributed by atoms with Crippen LogP contribution < -0.4 is 4.90 Å². The molecule has 9 heteroatoms. The Bertz CT molecular complexity index is 669. The molecule has 112 valence electrons. The summed E-state index contributed by atoms with van der Waals surface area (Å²) in [6.07, 6.45) is -1.32. The van der Waals surface area contributed by atoms with E-state index in [1.165, 1.54) is 48.5 Å². The molecule has 0 heterocycles. The summed E-state index contributed by atoms with van der Waals surface area (Å²) in [5.41, 5.74) is 0.0366. The molecule has 0 aliphatic rings. The lowest BCUT2D eigenvalue weighted by Gasteiger charge is -2.19. The first-order valence-electron chi connectivity index (χ1n) is 5.92. The van der Waals surface area contributed by atoms with Crippen molar-refractivity contribution >= 4 is 28.8 Å². The second-order valence-electron chi connectivity index (χ2n) is 4.16. The van der Waals surface area contributed by atoms with Crippen molar-refractivity contribution in [1.29, 1.82) is 0 Å². The van der Waals surface area contributed by atoms with Crippen LogP contribution >= 0.6 is 0 Å². The minimum absolute atomic E-state index is 0.169. The molecular formula is C13H9N3O6. The molecule has 0 aromatic heterocycles. The Kier molecular flexibility index (Phi) is 3.98. The zero-order valence-corrected chi connectivity index (χ0v) is 10.9. The molecule has 0 aliphatic carbocycles. The van der Waals surface area contributed by atoms with E-state index in [4.69, 9.17) is 0 Å². The van der Waals surface area contributed by atoms with Crippen LogP contribution in [0, 0.1) is 20.2 Å². The van der Waals surface area contributed by atoms with Gasteiger partial charge in [0.1, 0.15) is 0 Å². The van der Waals surface area contributed by atoms with Crippen molar-refractivity contribution in [3.63, 3.8) is 0 Å². The highest BCUT2D eigenvalue weighted by molar-refractivity contribution is 5.94. The van der Waals surface area contributed by atoms with Gasteiger partial charge in [-0.2, -0.15) is 0 Å². The van der Waals surface area contributed by atoms with Crippen molar-refractivity contribution in [3.05, 3.63) is 68.8 Å². The number of hydrogen-bond donors (Lipinski definition) is 1. The van der Waals surface area contributed by atoms with Crippen molar-refractivity contribution in [2.75, 3.05) is 4.90 Å². The normalized spacial score (nSPS) is 10.0. The molecule has 22 heavy (non-hydrogen) atoms. The molecule has 0 saturated carbocycles. The number of amides is 1. The lowest BCUT2D eigenvalue weighted by Crippen LogP contribution is -2.23. The first-order valence-corrected chi connectivity index (χ1v) is 5.92. The Hall–Kier alpha value is -3.49. The third-order valence-electron chi connectivity index (χ3n) is 2.83. The summed E-state index contributed by atoms with van der Waals surface area (Å²) in [6, 6.07) is 9.85. The van der Waals surface area contributed by atoms with Crippen LogP contribution in [0.4, 0.5) is 27.5 Å². The number of rotatable bonds is 4. The summed E-state index contributed by atoms with van der Waals surface area (Å²) < 4.78 is 0. The Morgan fingerprint density at radius 1 is 0.818 bits per heavy atom. The Labute approximate surface area is 123 Å². The molecule has 1 amide bonds. The van der Waals surface area contributed by atoms with Crippen LogP contribution in [0.2, 0.25) is 0 Å². The summed E-state index contributed by atoms with van der Waals surface area (Å²) in [6.45, 7) is 0. The molecule has 1 N–H and O–H groups in total. The van der Waals surface area contributed by atoms with Crippen molar-refractivity contribution in [2.24, 2.45) is 0 Å². The average Bonchev–Trinajstić information content (AvgIpc) is 2.48. The number of anilines is 2. The summed E-state index contributed by atoms with van der Waals surface area (Å²) >= 11 is 0. The molecule has 0 spiro atoms. The number of nitro groups is 2. The zero-order valence-electron chi connectivity index (χ0n) is 10.9. The van der Waals surface area contributed by atoms with Crippen LogP contribution in [0.1, 0.15) is 0 Å². The van der Waals surface area contributed by atoms with Crippen molar-refractivity contribution in [1.82, 2.24) is 0 Å². The maximum absolute atomic E-state index is 11.4. The highest BCUT2D eigenvalue weighted by Gasteiger charge is 2.19. The quantitative estimate of drug-likeness (QED) is 0.681. The zero-order chi connectivity index (χ0) is 16.3. The number of nitro benzene ring substituents is 2.